The molecule has 1 aliphatic rings. The van der Waals surface area contributed by atoms with Crippen LogP contribution in [0.25, 0.3) is 10.9 Å². The third kappa shape index (κ3) is 8.25. The molecule has 2 aromatic carbocycles. The fourth-order valence-electron chi connectivity index (χ4n) is 4.97. The number of amides is 1. The maximum Gasteiger partial charge on any atom is 0.248 e. The zero-order chi connectivity index (χ0) is 30.9. The first-order valence-electron chi connectivity index (χ1n) is 14.8. The van der Waals surface area contributed by atoms with E-state index < -0.39 is 0 Å². The van der Waals surface area contributed by atoms with Gasteiger partial charge in [-0.15, -0.1) is 0 Å². The highest BCUT2D eigenvalue weighted by Gasteiger charge is 2.17. The van der Waals surface area contributed by atoms with E-state index in [0.717, 1.165) is 59.6 Å². The van der Waals surface area contributed by atoms with Crippen LogP contribution in [0.3, 0.4) is 0 Å². The van der Waals surface area contributed by atoms with Gasteiger partial charge in [-0.1, -0.05) is 23.7 Å². The van der Waals surface area contributed by atoms with Crippen LogP contribution in [0.4, 0.5) is 17.1 Å². The van der Waals surface area contributed by atoms with Crippen LogP contribution >= 0.6 is 11.6 Å². The first kappa shape index (κ1) is 31.3. The zero-order valence-corrected chi connectivity index (χ0v) is 26.1. The number of benzene rings is 2. The summed E-state index contributed by atoms with van der Waals surface area (Å²) in [4.78, 5) is 23.8. The van der Waals surface area contributed by atoms with Crippen LogP contribution < -0.4 is 20.1 Å². The number of carbonyl (C=O) groups is 1. The number of fused-ring (bicyclic) bond motifs is 1. The maximum atomic E-state index is 12.6. The minimum Gasteiger partial charge on any atom is -0.492 e. The van der Waals surface area contributed by atoms with Gasteiger partial charge in [-0.2, -0.15) is 0 Å². The summed E-state index contributed by atoms with van der Waals surface area (Å²) in [6.45, 7) is 4.96. The van der Waals surface area contributed by atoms with E-state index in [1.165, 1.54) is 6.08 Å². The Morgan fingerprint density at radius 1 is 1.05 bits per heavy atom. The van der Waals surface area contributed by atoms with Crippen LogP contribution in [0.1, 0.15) is 36.9 Å². The standard InChI is InChI=1S/C34H38ClN5O4/c1-4-43-33-20-30-26(19-31(33)39-34(41)6-5-15-40(2)3)29(11-14-36-30)38-25-8-10-32(27(35)18-25)44-22-23-7-9-28(37-21-23)24-12-16-42-17-13-24/h5-11,14,18-21,24H,4,12-13,15-17,22H2,1-3H3,(H,36,38)(H,39,41)/b6-5+. The van der Waals surface area contributed by atoms with E-state index in [9.17, 15) is 4.79 Å². The molecule has 9 nitrogen and oxygen atoms in total. The molecule has 0 unspecified atom stereocenters. The van der Waals surface area contributed by atoms with Crippen molar-refractivity contribution in [2.45, 2.75) is 32.3 Å². The number of anilines is 3. The molecule has 1 aliphatic heterocycles. The number of hydrogen-bond donors (Lipinski definition) is 2. The average Bonchev–Trinajstić information content (AvgIpc) is 3.02. The summed E-state index contributed by atoms with van der Waals surface area (Å²) in [7, 11) is 3.89. The summed E-state index contributed by atoms with van der Waals surface area (Å²) in [6.07, 6.45) is 8.94. The number of carbonyl (C=O) groups excluding carboxylic acids is 1. The molecule has 3 heterocycles. The van der Waals surface area contributed by atoms with Gasteiger partial charge >= 0.3 is 0 Å². The smallest absolute Gasteiger partial charge is 0.248 e. The van der Waals surface area contributed by atoms with Crippen molar-refractivity contribution in [1.29, 1.82) is 0 Å². The van der Waals surface area contributed by atoms with Crippen molar-refractivity contribution in [3.8, 4) is 11.5 Å². The normalized spacial score (nSPS) is 13.8. The lowest BCUT2D eigenvalue weighted by molar-refractivity contribution is -0.111. The van der Waals surface area contributed by atoms with Crippen molar-refractivity contribution >= 4 is 45.5 Å². The van der Waals surface area contributed by atoms with Crippen LogP contribution in [-0.2, 0) is 16.1 Å². The first-order valence-corrected chi connectivity index (χ1v) is 15.2. The molecule has 1 saturated heterocycles. The second kappa shape index (κ2) is 15.0. The first-order chi connectivity index (χ1) is 21.4. The number of likely N-dealkylation sites (N-methyl/N-ethyl adjacent to an activating group) is 1. The Labute approximate surface area is 263 Å². The fourth-order valence-corrected chi connectivity index (χ4v) is 5.20. The molecular formula is C34H38ClN5O4. The number of nitrogens with zero attached hydrogens (tertiary/aromatic N) is 3. The Morgan fingerprint density at radius 2 is 1.89 bits per heavy atom. The summed E-state index contributed by atoms with van der Waals surface area (Å²) in [5.41, 5.74) is 4.95. The third-order valence-corrected chi connectivity index (χ3v) is 7.53. The summed E-state index contributed by atoms with van der Waals surface area (Å²) in [5.74, 6) is 1.35. The highest BCUT2D eigenvalue weighted by atomic mass is 35.5. The van der Waals surface area contributed by atoms with E-state index in [0.29, 0.717) is 47.9 Å². The molecule has 2 aromatic heterocycles. The number of nitrogens with one attached hydrogen (secondary N) is 2. The lowest BCUT2D eigenvalue weighted by atomic mass is 9.96. The summed E-state index contributed by atoms with van der Waals surface area (Å²) in [6, 6.07) is 15.3. The molecule has 4 aromatic rings. The Kier molecular flexibility index (Phi) is 10.7. The highest BCUT2D eigenvalue weighted by molar-refractivity contribution is 6.32. The van der Waals surface area contributed by atoms with Gasteiger partial charge < -0.3 is 29.7 Å². The number of rotatable bonds is 12. The van der Waals surface area contributed by atoms with E-state index in [1.54, 1.807) is 6.20 Å². The largest absolute Gasteiger partial charge is 0.492 e. The van der Waals surface area contributed by atoms with Gasteiger partial charge in [0.2, 0.25) is 5.91 Å². The molecule has 1 fully saturated rings. The van der Waals surface area contributed by atoms with Gasteiger partial charge in [0.15, 0.2) is 0 Å². The highest BCUT2D eigenvalue weighted by Crippen LogP contribution is 2.36. The number of ether oxygens (including phenoxy) is 3. The van der Waals surface area contributed by atoms with Crippen LogP contribution in [0.15, 0.2) is 73.1 Å². The SMILES string of the molecule is CCOc1cc2nccc(Nc3ccc(OCc4ccc(C5CCOCC5)nc4)c(Cl)c3)c2cc1NC(=O)/C=C/CN(C)C. The van der Waals surface area contributed by atoms with Gasteiger partial charge in [-0.05, 0) is 70.3 Å². The second-order valence-electron chi connectivity index (χ2n) is 10.8. The van der Waals surface area contributed by atoms with Crippen molar-refractivity contribution in [2.24, 2.45) is 0 Å². The summed E-state index contributed by atoms with van der Waals surface area (Å²) in [5, 5.41) is 7.68. The molecule has 44 heavy (non-hydrogen) atoms. The van der Waals surface area contributed by atoms with Crippen molar-refractivity contribution < 1.29 is 19.0 Å². The quantitative estimate of drug-likeness (QED) is 0.165. The van der Waals surface area contributed by atoms with E-state index in [4.69, 9.17) is 25.8 Å². The van der Waals surface area contributed by atoms with Gasteiger partial charge in [0.25, 0.3) is 0 Å². The van der Waals surface area contributed by atoms with Crippen LogP contribution in [0.5, 0.6) is 11.5 Å². The lowest BCUT2D eigenvalue weighted by Crippen LogP contribution is -2.15. The van der Waals surface area contributed by atoms with Crippen LogP contribution in [-0.4, -0.2) is 61.2 Å². The molecule has 0 radical (unpaired) electrons. The predicted octanol–water partition coefficient (Wildman–Crippen LogP) is 6.95. The number of pyridine rings is 2. The van der Waals surface area contributed by atoms with Crippen molar-refractivity contribution in [1.82, 2.24) is 14.9 Å². The van der Waals surface area contributed by atoms with E-state index >= 15 is 0 Å². The van der Waals surface area contributed by atoms with Crippen molar-refractivity contribution in [3.63, 3.8) is 0 Å². The predicted molar refractivity (Wildman–Crippen MR) is 175 cm³/mol. The average molecular weight is 616 g/mol. The van der Waals surface area contributed by atoms with E-state index in [-0.39, 0.29) is 5.91 Å². The van der Waals surface area contributed by atoms with Crippen molar-refractivity contribution in [3.05, 3.63) is 89.4 Å². The van der Waals surface area contributed by atoms with Crippen molar-refractivity contribution in [2.75, 3.05) is 51.1 Å². The van der Waals surface area contributed by atoms with E-state index in [2.05, 4.69) is 32.7 Å². The van der Waals surface area contributed by atoms with Crippen LogP contribution in [0.2, 0.25) is 5.02 Å². The topological polar surface area (TPSA) is 97.8 Å². The minimum atomic E-state index is -0.237. The Balaban J connectivity index is 1.28. The molecule has 0 bridgehead atoms. The molecule has 1 amide bonds. The number of aromatic nitrogens is 2. The molecule has 2 N–H and O–H groups in total. The monoisotopic (exact) mass is 615 g/mol. The molecule has 0 atom stereocenters. The van der Waals surface area contributed by atoms with Gasteiger partial charge in [-0.25, -0.2) is 0 Å². The molecule has 0 aliphatic carbocycles. The molecule has 0 spiro atoms. The molecule has 0 saturated carbocycles. The lowest BCUT2D eigenvalue weighted by Gasteiger charge is -2.21. The Morgan fingerprint density at radius 3 is 2.61 bits per heavy atom. The number of halogens is 1. The Bertz CT molecular complexity index is 1600. The van der Waals surface area contributed by atoms with Gasteiger partial charge in [0, 0.05) is 78.2 Å². The maximum absolute atomic E-state index is 12.6. The summed E-state index contributed by atoms with van der Waals surface area (Å²) < 4.78 is 17.3. The van der Waals surface area contributed by atoms with Gasteiger partial charge in [0.05, 0.1) is 22.8 Å². The third-order valence-electron chi connectivity index (χ3n) is 7.23. The Hall–Kier alpha value is -4.18. The molecular weight excluding hydrogens is 578 g/mol. The van der Waals surface area contributed by atoms with Gasteiger partial charge in [-0.3, -0.25) is 14.8 Å². The number of hydrogen-bond acceptors (Lipinski definition) is 8. The fraction of sp³-hybridized carbons (Fsp3) is 0.324. The van der Waals surface area contributed by atoms with Crippen LogP contribution in [0, 0.1) is 0 Å². The molecule has 10 heteroatoms. The molecule has 230 valence electrons. The second-order valence-corrected chi connectivity index (χ2v) is 11.3. The zero-order valence-electron chi connectivity index (χ0n) is 25.3. The van der Waals surface area contributed by atoms with Gasteiger partial charge in [0.1, 0.15) is 18.1 Å². The van der Waals surface area contributed by atoms with E-state index in [1.807, 2.05) is 74.6 Å². The summed E-state index contributed by atoms with van der Waals surface area (Å²) >= 11 is 6.63. The molecule has 5 rings (SSSR count). The minimum absolute atomic E-state index is 0.237.